The van der Waals surface area contributed by atoms with Crippen molar-refractivity contribution in [3.8, 4) is 0 Å². The molecule has 0 saturated carbocycles. The SMILES string of the molecule is COCCNC(C)c1nnnn1C(C)c1ccc(Cl)cc1. The molecule has 0 bridgehead atoms. The highest BCUT2D eigenvalue weighted by atomic mass is 35.5. The van der Waals surface area contributed by atoms with Crippen LogP contribution in [0.25, 0.3) is 0 Å². The molecule has 2 rings (SSSR count). The lowest BCUT2D eigenvalue weighted by molar-refractivity contribution is 0.195. The molecule has 2 atom stereocenters. The molecular formula is C14H20ClN5O. The molecule has 0 spiro atoms. The van der Waals surface area contributed by atoms with Crippen LogP contribution in [0, 0.1) is 0 Å². The number of nitrogens with one attached hydrogen (secondary N) is 1. The Labute approximate surface area is 129 Å². The van der Waals surface area contributed by atoms with E-state index in [9.17, 15) is 0 Å². The third-order valence-corrected chi connectivity index (χ3v) is 3.63. The van der Waals surface area contributed by atoms with Crippen LogP contribution in [-0.2, 0) is 4.74 Å². The molecule has 7 heteroatoms. The number of tetrazole rings is 1. The van der Waals surface area contributed by atoms with Gasteiger partial charge >= 0.3 is 0 Å². The summed E-state index contributed by atoms with van der Waals surface area (Å²) in [6.45, 7) is 5.50. The fourth-order valence-corrected chi connectivity index (χ4v) is 2.24. The van der Waals surface area contributed by atoms with Crippen LogP contribution >= 0.6 is 11.6 Å². The number of halogens is 1. The summed E-state index contributed by atoms with van der Waals surface area (Å²) in [5, 5.41) is 16.1. The van der Waals surface area contributed by atoms with Crippen molar-refractivity contribution in [2.75, 3.05) is 20.3 Å². The number of nitrogens with zero attached hydrogens (tertiary/aromatic N) is 4. The van der Waals surface area contributed by atoms with E-state index in [0.717, 1.165) is 23.0 Å². The smallest absolute Gasteiger partial charge is 0.168 e. The highest BCUT2D eigenvalue weighted by Gasteiger charge is 2.19. The van der Waals surface area contributed by atoms with Crippen molar-refractivity contribution in [2.45, 2.75) is 25.9 Å². The highest BCUT2D eigenvalue weighted by Crippen LogP contribution is 2.21. The van der Waals surface area contributed by atoms with Gasteiger partial charge in [-0.2, -0.15) is 0 Å². The second-order valence-electron chi connectivity index (χ2n) is 4.88. The standard InChI is InChI=1S/C14H20ClN5O/c1-10(16-8-9-21-3)14-17-18-19-20(14)11(2)12-4-6-13(15)7-5-12/h4-7,10-11,16H,8-9H2,1-3H3. The lowest BCUT2D eigenvalue weighted by Gasteiger charge is -2.18. The molecule has 0 fully saturated rings. The van der Waals surface area contributed by atoms with Crippen LogP contribution in [0.1, 0.15) is 37.3 Å². The van der Waals surface area contributed by atoms with Crippen LogP contribution in [0.2, 0.25) is 5.02 Å². The molecule has 2 unspecified atom stereocenters. The number of benzene rings is 1. The summed E-state index contributed by atoms with van der Waals surface area (Å²) in [6, 6.07) is 7.81. The maximum atomic E-state index is 5.92. The minimum Gasteiger partial charge on any atom is -0.383 e. The van der Waals surface area contributed by atoms with Gasteiger partial charge in [-0.25, -0.2) is 4.68 Å². The van der Waals surface area contributed by atoms with Crippen molar-refractivity contribution in [1.82, 2.24) is 25.5 Å². The molecule has 1 aromatic carbocycles. The predicted octanol–water partition coefficient (Wildman–Crippen LogP) is 2.23. The summed E-state index contributed by atoms with van der Waals surface area (Å²) in [5.74, 6) is 0.800. The average molecular weight is 310 g/mol. The number of rotatable bonds is 7. The summed E-state index contributed by atoms with van der Waals surface area (Å²) in [7, 11) is 1.68. The van der Waals surface area contributed by atoms with E-state index in [2.05, 4.69) is 27.8 Å². The number of methoxy groups -OCH3 is 1. The van der Waals surface area contributed by atoms with Gasteiger partial charge in [0.15, 0.2) is 5.82 Å². The Balaban J connectivity index is 2.13. The zero-order valence-corrected chi connectivity index (χ0v) is 13.2. The summed E-state index contributed by atoms with van der Waals surface area (Å²) in [5.41, 5.74) is 1.11. The van der Waals surface area contributed by atoms with Gasteiger partial charge in [-0.05, 0) is 42.0 Å². The fourth-order valence-electron chi connectivity index (χ4n) is 2.11. The van der Waals surface area contributed by atoms with Gasteiger partial charge in [0, 0.05) is 18.7 Å². The monoisotopic (exact) mass is 309 g/mol. The molecule has 0 radical (unpaired) electrons. The van der Waals surface area contributed by atoms with Gasteiger partial charge in [0.05, 0.1) is 18.7 Å². The van der Waals surface area contributed by atoms with Gasteiger partial charge in [0.1, 0.15) is 0 Å². The lowest BCUT2D eigenvalue weighted by Crippen LogP contribution is -2.26. The number of ether oxygens (including phenoxy) is 1. The molecule has 1 N–H and O–H groups in total. The molecule has 0 aliphatic heterocycles. The van der Waals surface area contributed by atoms with E-state index in [0.29, 0.717) is 6.61 Å². The third kappa shape index (κ3) is 4.00. The number of hydrogen-bond acceptors (Lipinski definition) is 5. The average Bonchev–Trinajstić information content (AvgIpc) is 2.97. The highest BCUT2D eigenvalue weighted by molar-refractivity contribution is 6.30. The molecular weight excluding hydrogens is 290 g/mol. The first-order valence-electron chi connectivity index (χ1n) is 6.89. The summed E-state index contributed by atoms with van der Waals surface area (Å²) in [6.07, 6.45) is 0. The van der Waals surface area contributed by atoms with Crippen molar-refractivity contribution in [3.05, 3.63) is 40.7 Å². The Morgan fingerprint density at radius 1 is 1.29 bits per heavy atom. The van der Waals surface area contributed by atoms with Gasteiger partial charge in [0.25, 0.3) is 0 Å². The summed E-state index contributed by atoms with van der Waals surface area (Å²) < 4.78 is 6.86. The molecule has 1 heterocycles. The second kappa shape index (κ2) is 7.49. The zero-order chi connectivity index (χ0) is 15.2. The number of hydrogen-bond donors (Lipinski definition) is 1. The molecule has 21 heavy (non-hydrogen) atoms. The lowest BCUT2D eigenvalue weighted by atomic mass is 10.1. The summed E-state index contributed by atoms with van der Waals surface area (Å²) in [4.78, 5) is 0. The van der Waals surface area contributed by atoms with Gasteiger partial charge in [-0.3, -0.25) is 0 Å². The molecule has 1 aromatic heterocycles. The Morgan fingerprint density at radius 3 is 2.67 bits per heavy atom. The molecule has 114 valence electrons. The van der Waals surface area contributed by atoms with E-state index >= 15 is 0 Å². The Bertz CT molecular complexity index is 557. The van der Waals surface area contributed by atoms with E-state index < -0.39 is 0 Å². The van der Waals surface area contributed by atoms with E-state index in [-0.39, 0.29) is 12.1 Å². The first-order chi connectivity index (χ1) is 10.1. The molecule has 0 amide bonds. The minimum atomic E-state index is 0.0407. The van der Waals surface area contributed by atoms with Gasteiger partial charge in [-0.1, -0.05) is 23.7 Å². The Hall–Kier alpha value is -1.50. The van der Waals surface area contributed by atoms with Crippen LogP contribution in [0.15, 0.2) is 24.3 Å². The summed E-state index contributed by atoms with van der Waals surface area (Å²) >= 11 is 5.92. The van der Waals surface area contributed by atoms with Crippen LogP contribution in [-0.4, -0.2) is 40.5 Å². The maximum Gasteiger partial charge on any atom is 0.168 e. The third-order valence-electron chi connectivity index (χ3n) is 3.38. The quantitative estimate of drug-likeness (QED) is 0.795. The van der Waals surface area contributed by atoms with E-state index in [1.165, 1.54) is 0 Å². The largest absolute Gasteiger partial charge is 0.383 e. The van der Waals surface area contributed by atoms with Crippen LogP contribution in [0.4, 0.5) is 0 Å². The zero-order valence-electron chi connectivity index (χ0n) is 12.5. The van der Waals surface area contributed by atoms with Crippen molar-refractivity contribution in [3.63, 3.8) is 0 Å². The normalized spacial score (nSPS) is 14.1. The molecule has 2 aromatic rings. The van der Waals surface area contributed by atoms with Crippen LogP contribution < -0.4 is 5.32 Å². The van der Waals surface area contributed by atoms with Crippen LogP contribution in [0.5, 0.6) is 0 Å². The van der Waals surface area contributed by atoms with Crippen molar-refractivity contribution >= 4 is 11.6 Å². The van der Waals surface area contributed by atoms with Crippen molar-refractivity contribution < 1.29 is 4.74 Å². The Kier molecular flexibility index (Phi) is 5.67. The van der Waals surface area contributed by atoms with E-state index in [4.69, 9.17) is 16.3 Å². The predicted molar refractivity (Wildman–Crippen MR) is 81.4 cm³/mol. The molecule has 0 aliphatic carbocycles. The topological polar surface area (TPSA) is 64.9 Å². The van der Waals surface area contributed by atoms with E-state index in [1.54, 1.807) is 7.11 Å². The first kappa shape index (κ1) is 15.9. The van der Waals surface area contributed by atoms with Gasteiger partial charge < -0.3 is 10.1 Å². The molecule has 6 nitrogen and oxygen atoms in total. The number of aromatic nitrogens is 4. The van der Waals surface area contributed by atoms with Crippen molar-refractivity contribution in [2.24, 2.45) is 0 Å². The first-order valence-corrected chi connectivity index (χ1v) is 7.26. The van der Waals surface area contributed by atoms with Crippen molar-refractivity contribution in [1.29, 1.82) is 0 Å². The van der Waals surface area contributed by atoms with Gasteiger partial charge in [0.2, 0.25) is 0 Å². The maximum absolute atomic E-state index is 5.92. The minimum absolute atomic E-state index is 0.0407. The molecule has 0 saturated heterocycles. The Morgan fingerprint density at radius 2 is 2.00 bits per heavy atom. The fraction of sp³-hybridized carbons (Fsp3) is 0.500. The second-order valence-corrected chi connectivity index (χ2v) is 5.31. The van der Waals surface area contributed by atoms with Crippen LogP contribution in [0.3, 0.4) is 0 Å². The molecule has 0 aliphatic rings. The van der Waals surface area contributed by atoms with E-state index in [1.807, 2.05) is 35.9 Å². The van der Waals surface area contributed by atoms with Gasteiger partial charge in [-0.15, -0.1) is 5.10 Å².